The molecule has 0 bridgehead atoms. The largest absolute Gasteiger partial charge is 0.461 e. The third-order valence-corrected chi connectivity index (χ3v) is 7.79. The van der Waals surface area contributed by atoms with Gasteiger partial charge in [-0.2, -0.15) is 0 Å². The van der Waals surface area contributed by atoms with Crippen molar-refractivity contribution in [2.24, 2.45) is 5.92 Å². The van der Waals surface area contributed by atoms with Crippen LogP contribution in [0.1, 0.15) is 28.7 Å². The summed E-state index contributed by atoms with van der Waals surface area (Å²) in [5, 5.41) is 0. The van der Waals surface area contributed by atoms with Crippen LogP contribution in [0.3, 0.4) is 0 Å². The lowest BCUT2D eigenvalue weighted by atomic mass is 9.79. The molecule has 5 aromatic rings. The summed E-state index contributed by atoms with van der Waals surface area (Å²) >= 11 is 0. The van der Waals surface area contributed by atoms with E-state index in [0.29, 0.717) is 0 Å². The summed E-state index contributed by atoms with van der Waals surface area (Å²) in [5.41, 5.74) is 5.84. The first kappa shape index (κ1) is 25.8. The van der Waals surface area contributed by atoms with Crippen LogP contribution in [0, 0.1) is 5.92 Å². The monoisotopic (exact) mass is 524 g/mol. The molecule has 0 aromatic heterocycles. The average Bonchev–Trinajstić information content (AvgIpc) is 3.03. The Morgan fingerprint density at radius 1 is 0.600 bits per heavy atom. The van der Waals surface area contributed by atoms with Crippen LogP contribution in [-0.4, -0.2) is 18.7 Å². The van der Waals surface area contributed by atoms with Gasteiger partial charge in [0.2, 0.25) is 0 Å². The Morgan fingerprint density at radius 2 is 1.10 bits per heavy atom. The van der Waals surface area contributed by atoms with Gasteiger partial charge in [0, 0.05) is 0 Å². The Balaban J connectivity index is 1.23. The number of benzene rings is 5. The van der Waals surface area contributed by atoms with E-state index in [4.69, 9.17) is 9.47 Å². The lowest BCUT2D eigenvalue weighted by Gasteiger charge is -2.40. The highest BCUT2D eigenvalue weighted by Crippen LogP contribution is 2.42. The number of ether oxygens (including phenoxy) is 2. The fraction of sp³-hybridized carbons (Fsp3) is 0.162. The number of rotatable bonds is 10. The maximum atomic E-state index is 12.7. The molecule has 6 rings (SSSR count). The van der Waals surface area contributed by atoms with E-state index in [1.807, 2.05) is 60.7 Å². The minimum Gasteiger partial charge on any atom is -0.461 e. The zero-order valence-corrected chi connectivity index (χ0v) is 22.4. The van der Waals surface area contributed by atoms with Crippen LogP contribution in [0.5, 0.6) is 0 Å². The van der Waals surface area contributed by atoms with Crippen molar-refractivity contribution in [2.45, 2.75) is 24.5 Å². The summed E-state index contributed by atoms with van der Waals surface area (Å²) in [6.45, 7) is 0.270. The molecule has 1 aliphatic rings. The highest BCUT2D eigenvalue weighted by Gasteiger charge is 2.45. The fourth-order valence-corrected chi connectivity index (χ4v) is 5.66. The zero-order valence-electron chi connectivity index (χ0n) is 22.4. The van der Waals surface area contributed by atoms with Crippen LogP contribution < -0.4 is 0 Å². The fourth-order valence-electron chi connectivity index (χ4n) is 5.66. The molecule has 1 fully saturated rings. The van der Waals surface area contributed by atoms with Gasteiger partial charge in [0.1, 0.15) is 17.6 Å². The van der Waals surface area contributed by atoms with Gasteiger partial charge in [-0.15, -0.1) is 0 Å². The minimum atomic E-state index is -0.853. The van der Waals surface area contributed by atoms with Gasteiger partial charge in [0.05, 0.1) is 6.61 Å². The van der Waals surface area contributed by atoms with Crippen LogP contribution >= 0.6 is 0 Å². The van der Waals surface area contributed by atoms with Crippen molar-refractivity contribution in [2.75, 3.05) is 6.61 Å². The molecule has 40 heavy (non-hydrogen) atoms. The van der Waals surface area contributed by atoms with Gasteiger partial charge in [0.15, 0.2) is 0 Å². The molecule has 3 nitrogen and oxygen atoms in total. The number of aryl methyl sites for hydroxylation is 1. The summed E-state index contributed by atoms with van der Waals surface area (Å²) in [6.07, 6.45) is 1.41. The van der Waals surface area contributed by atoms with Crippen molar-refractivity contribution >= 4 is 5.97 Å². The maximum absolute atomic E-state index is 12.7. The van der Waals surface area contributed by atoms with Crippen LogP contribution in [-0.2, 0) is 26.3 Å². The molecule has 198 valence electrons. The van der Waals surface area contributed by atoms with Gasteiger partial charge < -0.3 is 9.47 Å². The van der Waals surface area contributed by atoms with Gasteiger partial charge in [-0.25, -0.2) is 0 Å². The first-order valence-corrected chi connectivity index (χ1v) is 13.9. The van der Waals surface area contributed by atoms with Gasteiger partial charge >= 0.3 is 5.97 Å². The Kier molecular flexibility index (Phi) is 7.56. The number of hydrogen-bond acceptors (Lipinski definition) is 3. The van der Waals surface area contributed by atoms with E-state index in [1.165, 1.54) is 16.7 Å². The van der Waals surface area contributed by atoms with Crippen molar-refractivity contribution < 1.29 is 14.3 Å². The second-order valence-corrected chi connectivity index (χ2v) is 10.3. The Bertz CT molecular complexity index is 1440. The van der Waals surface area contributed by atoms with Crippen molar-refractivity contribution in [1.82, 2.24) is 0 Å². The summed E-state index contributed by atoms with van der Waals surface area (Å²) in [7, 11) is 0. The van der Waals surface area contributed by atoms with E-state index in [1.54, 1.807) is 0 Å². The van der Waals surface area contributed by atoms with Crippen molar-refractivity contribution in [1.29, 1.82) is 0 Å². The maximum Gasteiger partial charge on any atom is 0.315 e. The number of cyclic esters (lactones) is 1. The summed E-state index contributed by atoms with van der Waals surface area (Å²) < 4.78 is 12.6. The van der Waals surface area contributed by atoms with Gasteiger partial charge in [-0.05, 0) is 46.2 Å². The molecule has 0 N–H and O–H groups in total. The molecule has 0 amide bonds. The van der Waals surface area contributed by atoms with Crippen molar-refractivity contribution in [3.63, 3.8) is 0 Å². The normalized spacial score (nSPS) is 16.6. The molecular formula is C37H32O3. The van der Waals surface area contributed by atoms with E-state index >= 15 is 0 Å². The second kappa shape index (κ2) is 11.7. The first-order valence-electron chi connectivity index (χ1n) is 13.9. The second-order valence-electron chi connectivity index (χ2n) is 10.3. The molecule has 0 aliphatic carbocycles. The van der Waals surface area contributed by atoms with Crippen LogP contribution in [0.25, 0.3) is 11.1 Å². The number of hydrogen-bond donors (Lipinski definition) is 0. The Morgan fingerprint density at radius 3 is 1.62 bits per heavy atom. The first-order chi connectivity index (χ1) is 19.7. The van der Waals surface area contributed by atoms with E-state index in [-0.39, 0.29) is 24.6 Å². The quantitative estimate of drug-likeness (QED) is 0.138. The Hall–Kier alpha value is -4.47. The molecule has 0 unspecified atom stereocenters. The molecule has 1 saturated heterocycles. The van der Waals surface area contributed by atoms with Crippen LogP contribution in [0.15, 0.2) is 146 Å². The summed E-state index contributed by atoms with van der Waals surface area (Å²) in [4.78, 5) is 12.7. The van der Waals surface area contributed by atoms with Gasteiger partial charge in [-0.3, -0.25) is 4.79 Å². The highest BCUT2D eigenvalue weighted by atomic mass is 16.6. The van der Waals surface area contributed by atoms with E-state index in [0.717, 1.165) is 29.5 Å². The van der Waals surface area contributed by atoms with E-state index < -0.39 is 5.60 Å². The average molecular weight is 525 g/mol. The summed E-state index contributed by atoms with van der Waals surface area (Å²) in [5.74, 6) is -0.501. The molecule has 0 saturated carbocycles. The molecule has 1 aliphatic heterocycles. The number of carbonyl (C=O) groups excluding carboxylic acids is 1. The lowest BCUT2D eigenvalue weighted by molar-refractivity contribution is -0.194. The topological polar surface area (TPSA) is 35.5 Å². The molecular weight excluding hydrogens is 492 g/mol. The Labute approximate surface area is 236 Å². The predicted molar refractivity (Wildman–Crippen MR) is 159 cm³/mol. The SMILES string of the molecule is O=C1O[C@H](CCc2cccc(-c3ccccc3)c2)[C@H]1COC(c1ccccc1)(c1ccccc1)c1ccccc1. The molecule has 3 heteroatoms. The molecule has 0 radical (unpaired) electrons. The molecule has 5 aromatic carbocycles. The van der Waals surface area contributed by atoms with Gasteiger partial charge in [-0.1, -0.05) is 146 Å². The number of carbonyl (C=O) groups is 1. The smallest absolute Gasteiger partial charge is 0.315 e. The minimum absolute atomic E-state index is 0.173. The van der Waals surface area contributed by atoms with E-state index in [9.17, 15) is 4.79 Å². The third kappa shape index (κ3) is 5.21. The van der Waals surface area contributed by atoms with Gasteiger partial charge in [0.25, 0.3) is 0 Å². The van der Waals surface area contributed by atoms with Crippen molar-refractivity contribution in [3.05, 3.63) is 168 Å². The summed E-state index contributed by atoms with van der Waals surface area (Å²) in [6, 6.07) is 49.8. The number of esters is 1. The third-order valence-electron chi connectivity index (χ3n) is 7.79. The molecule has 0 spiro atoms. The molecule has 1 heterocycles. The zero-order chi connectivity index (χ0) is 27.2. The highest BCUT2D eigenvalue weighted by molar-refractivity contribution is 5.78. The molecule has 2 atom stereocenters. The lowest BCUT2D eigenvalue weighted by Crippen LogP contribution is -2.49. The predicted octanol–water partition coefficient (Wildman–Crippen LogP) is 7.84. The standard InChI is InChI=1S/C37H32O3/c38-36-34(35(40-36)25-24-28-14-13-17-30(26-28)29-15-5-1-6-16-29)27-39-37(31-18-7-2-8-19-31,32-20-9-3-10-21-32)33-22-11-4-12-23-33/h1-23,26,34-35H,24-25,27H2/t34-,35-/m1/s1. The van der Waals surface area contributed by atoms with Crippen molar-refractivity contribution in [3.8, 4) is 11.1 Å². The van der Waals surface area contributed by atoms with E-state index in [2.05, 4.69) is 84.9 Å². The van der Waals surface area contributed by atoms with Crippen LogP contribution in [0.2, 0.25) is 0 Å². The van der Waals surface area contributed by atoms with Crippen LogP contribution in [0.4, 0.5) is 0 Å².